The number of aliphatic imine (C=N–C) groups is 1. The Morgan fingerprint density at radius 1 is 1.15 bits per heavy atom. The van der Waals surface area contributed by atoms with Crippen LogP contribution in [0.1, 0.15) is 36.7 Å². The third kappa shape index (κ3) is 6.64. The summed E-state index contributed by atoms with van der Waals surface area (Å²) in [6.07, 6.45) is 4.22. The Hall–Kier alpha value is -1.54. The molecular formula is C20H29IN4O. The number of hydrogen-bond acceptors (Lipinski definition) is 3. The van der Waals surface area contributed by atoms with E-state index in [-0.39, 0.29) is 24.0 Å². The lowest BCUT2D eigenvalue weighted by Crippen LogP contribution is -2.38. The zero-order valence-electron chi connectivity index (χ0n) is 15.6. The van der Waals surface area contributed by atoms with Crippen LogP contribution in [0.25, 0.3) is 0 Å². The van der Waals surface area contributed by atoms with Gasteiger partial charge in [0, 0.05) is 19.1 Å². The second-order valence-electron chi connectivity index (χ2n) is 6.63. The quantitative estimate of drug-likeness (QED) is 0.352. The van der Waals surface area contributed by atoms with E-state index >= 15 is 0 Å². The van der Waals surface area contributed by atoms with Gasteiger partial charge in [0.15, 0.2) is 5.96 Å². The van der Waals surface area contributed by atoms with Gasteiger partial charge in [0.2, 0.25) is 0 Å². The van der Waals surface area contributed by atoms with Gasteiger partial charge in [-0.15, -0.1) is 24.0 Å². The molecule has 0 spiro atoms. The van der Waals surface area contributed by atoms with Crippen molar-refractivity contribution in [2.45, 2.75) is 45.4 Å². The zero-order valence-corrected chi connectivity index (χ0v) is 17.9. The highest BCUT2D eigenvalue weighted by atomic mass is 127. The van der Waals surface area contributed by atoms with Crippen LogP contribution >= 0.6 is 24.0 Å². The van der Waals surface area contributed by atoms with Crippen molar-refractivity contribution in [3.8, 4) is 0 Å². The highest BCUT2D eigenvalue weighted by Crippen LogP contribution is 2.18. The van der Waals surface area contributed by atoms with Crippen molar-refractivity contribution < 1.29 is 4.42 Å². The SMILES string of the molecule is CCNC(=NCc1ccccc1CN(C)Cc1ccco1)NC1CC1.I. The second-order valence-corrected chi connectivity index (χ2v) is 6.63. The first-order valence-corrected chi connectivity index (χ1v) is 9.07. The van der Waals surface area contributed by atoms with Crippen LogP contribution in [-0.4, -0.2) is 30.5 Å². The molecule has 1 aliphatic carbocycles. The van der Waals surface area contributed by atoms with Gasteiger partial charge in [-0.25, -0.2) is 4.99 Å². The maximum Gasteiger partial charge on any atom is 0.191 e. The van der Waals surface area contributed by atoms with Crippen LogP contribution < -0.4 is 10.6 Å². The molecule has 1 heterocycles. The summed E-state index contributed by atoms with van der Waals surface area (Å²) >= 11 is 0. The van der Waals surface area contributed by atoms with Crippen LogP contribution in [0.4, 0.5) is 0 Å². The van der Waals surface area contributed by atoms with Gasteiger partial charge >= 0.3 is 0 Å². The fraction of sp³-hybridized carbons (Fsp3) is 0.450. The molecule has 6 heteroatoms. The molecule has 0 amide bonds. The molecule has 0 radical (unpaired) electrons. The smallest absolute Gasteiger partial charge is 0.191 e. The summed E-state index contributed by atoms with van der Waals surface area (Å²) in [5, 5.41) is 6.80. The molecule has 0 aliphatic heterocycles. The molecule has 1 fully saturated rings. The van der Waals surface area contributed by atoms with E-state index in [4.69, 9.17) is 9.41 Å². The monoisotopic (exact) mass is 468 g/mol. The molecule has 1 saturated carbocycles. The summed E-state index contributed by atoms with van der Waals surface area (Å²) in [5.41, 5.74) is 2.57. The molecule has 1 aromatic carbocycles. The molecule has 0 saturated heterocycles. The normalized spacial score (nSPS) is 14.2. The van der Waals surface area contributed by atoms with Crippen molar-refractivity contribution in [3.05, 3.63) is 59.5 Å². The van der Waals surface area contributed by atoms with Gasteiger partial charge in [-0.3, -0.25) is 4.90 Å². The summed E-state index contributed by atoms with van der Waals surface area (Å²) in [6.45, 7) is 5.34. The number of guanidine groups is 1. The molecule has 2 aromatic rings. The average Bonchev–Trinajstić information content (AvgIpc) is 3.27. The van der Waals surface area contributed by atoms with E-state index in [0.29, 0.717) is 12.6 Å². The van der Waals surface area contributed by atoms with Crippen molar-refractivity contribution in [3.63, 3.8) is 0 Å². The van der Waals surface area contributed by atoms with E-state index in [2.05, 4.69) is 53.8 Å². The molecule has 0 bridgehead atoms. The van der Waals surface area contributed by atoms with Crippen LogP contribution in [0.15, 0.2) is 52.1 Å². The number of rotatable bonds is 8. The number of nitrogens with zero attached hydrogens (tertiary/aromatic N) is 2. The molecule has 1 aliphatic rings. The zero-order chi connectivity index (χ0) is 17.5. The fourth-order valence-electron chi connectivity index (χ4n) is 2.79. The number of halogens is 1. The predicted octanol–water partition coefficient (Wildman–Crippen LogP) is 3.75. The number of hydrogen-bond donors (Lipinski definition) is 2. The summed E-state index contributed by atoms with van der Waals surface area (Å²) < 4.78 is 5.44. The van der Waals surface area contributed by atoms with E-state index in [1.807, 2.05) is 12.1 Å². The highest BCUT2D eigenvalue weighted by Gasteiger charge is 2.22. The van der Waals surface area contributed by atoms with Gasteiger partial charge in [-0.1, -0.05) is 24.3 Å². The largest absolute Gasteiger partial charge is 0.468 e. The van der Waals surface area contributed by atoms with Crippen LogP contribution in [0.5, 0.6) is 0 Å². The van der Waals surface area contributed by atoms with Crippen molar-refractivity contribution >= 4 is 29.9 Å². The van der Waals surface area contributed by atoms with Crippen LogP contribution in [0.3, 0.4) is 0 Å². The molecular weight excluding hydrogens is 439 g/mol. The minimum absolute atomic E-state index is 0. The average molecular weight is 468 g/mol. The van der Waals surface area contributed by atoms with Crippen molar-refractivity contribution in [1.29, 1.82) is 0 Å². The minimum atomic E-state index is 0. The Balaban J connectivity index is 0.00000243. The topological polar surface area (TPSA) is 52.8 Å². The summed E-state index contributed by atoms with van der Waals surface area (Å²) in [6, 6.07) is 13.1. The number of benzene rings is 1. The van der Waals surface area contributed by atoms with E-state index < -0.39 is 0 Å². The highest BCUT2D eigenvalue weighted by molar-refractivity contribution is 14.0. The summed E-state index contributed by atoms with van der Waals surface area (Å²) in [4.78, 5) is 7.02. The molecule has 3 rings (SSSR count). The van der Waals surface area contributed by atoms with Gasteiger partial charge in [0.25, 0.3) is 0 Å². The summed E-state index contributed by atoms with van der Waals surface area (Å²) in [7, 11) is 2.11. The molecule has 1 aromatic heterocycles. The summed E-state index contributed by atoms with van der Waals surface area (Å²) in [5.74, 6) is 1.91. The fourth-order valence-corrected chi connectivity index (χ4v) is 2.79. The van der Waals surface area contributed by atoms with Crippen LogP contribution in [0, 0.1) is 0 Å². The van der Waals surface area contributed by atoms with Gasteiger partial charge in [0.1, 0.15) is 5.76 Å². The lowest BCUT2D eigenvalue weighted by Gasteiger charge is -2.17. The number of nitrogens with one attached hydrogen (secondary N) is 2. The van der Waals surface area contributed by atoms with E-state index in [1.54, 1.807) is 6.26 Å². The standard InChI is InChI=1S/C20H28N4O.HI/c1-3-21-20(23-18-10-11-18)22-13-16-7-4-5-8-17(16)14-24(2)15-19-9-6-12-25-19;/h4-9,12,18H,3,10-11,13-15H2,1-2H3,(H2,21,22,23);1H. The van der Waals surface area contributed by atoms with Crippen molar-refractivity contribution in [2.24, 2.45) is 4.99 Å². The second kappa shape index (κ2) is 10.6. The molecule has 142 valence electrons. The molecule has 0 unspecified atom stereocenters. The predicted molar refractivity (Wildman–Crippen MR) is 117 cm³/mol. The third-order valence-corrected chi connectivity index (χ3v) is 4.23. The Kier molecular flexibility index (Phi) is 8.44. The molecule has 26 heavy (non-hydrogen) atoms. The van der Waals surface area contributed by atoms with Gasteiger partial charge < -0.3 is 15.1 Å². The lowest BCUT2D eigenvalue weighted by atomic mass is 10.1. The van der Waals surface area contributed by atoms with E-state index in [9.17, 15) is 0 Å². The van der Waals surface area contributed by atoms with Crippen molar-refractivity contribution in [1.82, 2.24) is 15.5 Å². The molecule has 5 nitrogen and oxygen atoms in total. The van der Waals surface area contributed by atoms with Crippen LogP contribution in [0.2, 0.25) is 0 Å². The van der Waals surface area contributed by atoms with E-state index in [1.165, 1.54) is 24.0 Å². The molecule has 0 atom stereocenters. The van der Waals surface area contributed by atoms with Gasteiger partial charge in [-0.05, 0) is 50.1 Å². The Labute approximate surface area is 173 Å². The lowest BCUT2D eigenvalue weighted by molar-refractivity contribution is 0.287. The first-order valence-electron chi connectivity index (χ1n) is 9.07. The third-order valence-electron chi connectivity index (χ3n) is 4.23. The number of furan rings is 1. The first kappa shape index (κ1) is 20.8. The van der Waals surface area contributed by atoms with Crippen molar-refractivity contribution in [2.75, 3.05) is 13.6 Å². The van der Waals surface area contributed by atoms with E-state index in [0.717, 1.165) is 31.4 Å². The van der Waals surface area contributed by atoms with Gasteiger partial charge in [-0.2, -0.15) is 0 Å². The minimum Gasteiger partial charge on any atom is -0.468 e. The Bertz CT molecular complexity index is 683. The first-order chi connectivity index (χ1) is 12.2. The maximum absolute atomic E-state index is 5.44. The van der Waals surface area contributed by atoms with Gasteiger partial charge in [0.05, 0.1) is 19.4 Å². The Morgan fingerprint density at radius 3 is 2.58 bits per heavy atom. The van der Waals surface area contributed by atoms with Crippen LogP contribution in [-0.2, 0) is 19.6 Å². The maximum atomic E-state index is 5.44. The Morgan fingerprint density at radius 2 is 1.92 bits per heavy atom. The molecule has 2 N–H and O–H groups in total.